The van der Waals surface area contributed by atoms with Crippen LogP contribution < -0.4 is 10.1 Å². The Morgan fingerprint density at radius 2 is 1.90 bits per heavy atom. The average molecular weight is 293 g/mol. The highest BCUT2D eigenvalue weighted by Crippen LogP contribution is 2.27. The van der Waals surface area contributed by atoms with Gasteiger partial charge in [0.05, 0.1) is 6.61 Å². The molecule has 0 aliphatic rings. The van der Waals surface area contributed by atoms with E-state index in [1.807, 2.05) is 0 Å². The molecule has 2 rings (SSSR count). The van der Waals surface area contributed by atoms with Gasteiger partial charge in [-0.3, -0.25) is 0 Å². The summed E-state index contributed by atoms with van der Waals surface area (Å²) in [6.07, 6.45) is 0. The van der Waals surface area contributed by atoms with Gasteiger partial charge in [0.15, 0.2) is 0 Å². The highest BCUT2D eigenvalue weighted by atomic mass is 19.1. The summed E-state index contributed by atoms with van der Waals surface area (Å²) in [5.41, 5.74) is 0.401. The molecule has 0 spiro atoms. The Bertz CT molecular complexity index is 590. The summed E-state index contributed by atoms with van der Waals surface area (Å²) in [5, 5.41) is 3.06. The summed E-state index contributed by atoms with van der Waals surface area (Å²) in [5.74, 6) is -0.0678. The Balaban J connectivity index is 2.13. The Kier molecular flexibility index (Phi) is 5.66. The molecule has 2 aromatic carbocycles. The number of hydrogen-bond donors (Lipinski definition) is 1. The van der Waals surface area contributed by atoms with Gasteiger partial charge in [-0.1, -0.05) is 12.1 Å². The summed E-state index contributed by atoms with van der Waals surface area (Å²) in [4.78, 5) is 0. The van der Waals surface area contributed by atoms with E-state index >= 15 is 0 Å². The van der Waals surface area contributed by atoms with Gasteiger partial charge >= 0.3 is 0 Å². The third kappa shape index (κ3) is 4.51. The summed E-state index contributed by atoms with van der Waals surface area (Å²) in [7, 11) is 1.60. The second-order valence-electron chi connectivity index (χ2n) is 4.45. The summed E-state index contributed by atoms with van der Waals surface area (Å²) >= 11 is 0. The molecule has 0 aliphatic heterocycles. The average Bonchev–Trinajstić information content (AvgIpc) is 2.46. The quantitative estimate of drug-likeness (QED) is 0.793. The van der Waals surface area contributed by atoms with Crippen LogP contribution in [0, 0.1) is 11.6 Å². The first-order valence-corrected chi connectivity index (χ1v) is 6.61. The fraction of sp³-hybridized carbons (Fsp3) is 0.250. The van der Waals surface area contributed by atoms with Crippen LogP contribution in [-0.2, 0) is 11.3 Å². The van der Waals surface area contributed by atoms with Crippen LogP contribution in [-0.4, -0.2) is 20.3 Å². The number of ether oxygens (including phenoxy) is 2. The number of benzene rings is 2. The Hall–Kier alpha value is -1.98. The third-order valence-corrected chi connectivity index (χ3v) is 2.88. The highest BCUT2D eigenvalue weighted by molar-refractivity contribution is 5.38. The maximum Gasteiger partial charge on any atom is 0.134 e. The molecule has 5 heteroatoms. The number of rotatable bonds is 7. The summed E-state index contributed by atoms with van der Waals surface area (Å²) in [6, 6.07) is 10.3. The minimum atomic E-state index is -0.399. The van der Waals surface area contributed by atoms with E-state index in [2.05, 4.69) is 5.32 Å². The normalized spacial score (nSPS) is 10.6. The van der Waals surface area contributed by atoms with Gasteiger partial charge in [-0.15, -0.1) is 0 Å². The molecule has 0 radical (unpaired) electrons. The molecule has 1 N–H and O–H groups in total. The van der Waals surface area contributed by atoms with Crippen molar-refractivity contribution in [3.8, 4) is 11.5 Å². The molecule has 0 aliphatic carbocycles. The van der Waals surface area contributed by atoms with Gasteiger partial charge < -0.3 is 14.8 Å². The fourth-order valence-corrected chi connectivity index (χ4v) is 1.85. The maximum atomic E-state index is 13.9. The lowest BCUT2D eigenvalue weighted by molar-refractivity contribution is 0.199. The zero-order valence-electron chi connectivity index (χ0n) is 11.7. The standard InChI is InChI=1S/C16H17F2NO2/c1-20-9-8-19-11-14-15(18)6-3-7-16(14)21-13-5-2-4-12(17)10-13/h2-7,10,19H,8-9,11H2,1H3. The Labute approximate surface area is 122 Å². The molecular weight excluding hydrogens is 276 g/mol. The highest BCUT2D eigenvalue weighted by Gasteiger charge is 2.10. The first-order chi connectivity index (χ1) is 10.2. The van der Waals surface area contributed by atoms with Crippen LogP contribution in [0.2, 0.25) is 0 Å². The zero-order chi connectivity index (χ0) is 15.1. The van der Waals surface area contributed by atoms with E-state index in [-0.39, 0.29) is 5.82 Å². The van der Waals surface area contributed by atoms with Gasteiger partial charge in [-0.05, 0) is 24.3 Å². The van der Waals surface area contributed by atoms with Gasteiger partial charge in [-0.2, -0.15) is 0 Å². The van der Waals surface area contributed by atoms with Gasteiger partial charge in [0.2, 0.25) is 0 Å². The molecule has 0 bridgehead atoms. The van der Waals surface area contributed by atoms with E-state index < -0.39 is 5.82 Å². The number of halogens is 2. The van der Waals surface area contributed by atoms with Crippen LogP contribution in [0.4, 0.5) is 8.78 Å². The van der Waals surface area contributed by atoms with E-state index in [0.29, 0.717) is 36.8 Å². The Morgan fingerprint density at radius 1 is 1.10 bits per heavy atom. The molecule has 21 heavy (non-hydrogen) atoms. The minimum absolute atomic E-state index is 0.306. The van der Waals surface area contributed by atoms with Crippen LogP contribution in [0.5, 0.6) is 11.5 Å². The predicted molar refractivity (Wildman–Crippen MR) is 76.5 cm³/mol. The SMILES string of the molecule is COCCNCc1c(F)cccc1Oc1cccc(F)c1. The van der Waals surface area contributed by atoms with Gasteiger partial charge in [0.25, 0.3) is 0 Å². The summed E-state index contributed by atoms with van der Waals surface area (Å²) in [6.45, 7) is 1.44. The van der Waals surface area contributed by atoms with Crippen LogP contribution in [0.15, 0.2) is 42.5 Å². The lowest BCUT2D eigenvalue weighted by atomic mass is 10.2. The smallest absolute Gasteiger partial charge is 0.134 e. The van der Waals surface area contributed by atoms with Gasteiger partial charge in [-0.25, -0.2) is 8.78 Å². The topological polar surface area (TPSA) is 30.5 Å². The molecule has 0 atom stereocenters. The van der Waals surface area contributed by atoms with Crippen LogP contribution in [0.1, 0.15) is 5.56 Å². The molecular formula is C16H17F2NO2. The van der Waals surface area contributed by atoms with Crippen molar-refractivity contribution in [2.45, 2.75) is 6.54 Å². The first kappa shape index (κ1) is 15.4. The van der Waals surface area contributed by atoms with E-state index in [9.17, 15) is 8.78 Å². The van der Waals surface area contributed by atoms with Crippen LogP contribution >= 0.6 is 0 Å². The molecule has 0 amide bonds. The first-order valence-electron chi connectivity index (χ1n) is 6.61. The van der Waals surface area contributed by atoms with E-state index in [4.69, 9.17) is 9.47 Å². The fourth-order valence-electron chi connectivity index (χ4n) is 1.85. The predicted octanol–water partition coefficient (Wildman–Crippen LogP) is 3.49. The van der Waals surface area contributed by atoms with Crippen molar-refractivity contribution in [2.24, 2.45) is 0 Å². The second kappa shape index (κ2) is 7.71. The monoisotopic (exact) mass is 293 g/mol. The van der Waals surface area contributed by atoms with Crippen molar-refractivity contribution in [3.05, 3.63) is 59.7 Å². The van der Waals surface area contributed by atoms with Crippen molar-refractivity contribution < 1.29 is 18.3 Å². The van der Waals surface area contributed by atoms with E-state index in [0.717, 1.165) is 0 Å². The summed E-state index contributed by atoms with van der Waals surface area (Å²) < 4.78 is 37.6. The van der Waals surface area contributed by atoms with Crippen molar-refractivity contribution in [3.63, 3.8) is 0 Å². The van der Waals surface area contributed by atoms with Gasteiger partial charge in [0, 0.05) is 31.8 Å². The van der Waals surface area contributed by atoms with Crippen molar-refractivity contribution in [1.82, 2.24) is 5.32 Å². The molecule has 0 aromatic heterocycles. The lowest BCUT2D eigenvalue weighted by Crippen LogP contribution is -2.19. The largest absolute Gasteiger partial charge is 0.457 e. The van der Waals surface area contributed by atoms with Crippen LogP contribution in [0.3, 0.4) is 0 Å². The molecule has 2 aromatic rings. The minimum Gasteiger partial charge on any atom is -0.457 e. The molecule has 112 valence electrons. The molecule has 0 fully saturated rings. The number of nitrogens with one attached hydrogen (secondary N) is 1. The van der Waals surface area contributed by atoms with Gasteiger partial charge in [0.1, 0.15) is 23.1 Å². The lowest BCUT2D eigenvalue weighted by Gasteiger charge is -2.13. The van der Waals surface area contributed by atoms with Crippen molar-refractivity contribution in [1.29, 1.82) is 0 Å². The zero-order valence-corrected chi connectivity index (χ0v) is 11.7. The molecule has 0 saturated heterocycles. The molecule has 0 saturated carbocycles. The molecule has 3 nitrogen and oxygen atoms in total. The number of methoxy groups -OCH3 is 1. The maximum absolute atomic E-state index is 13.9. The van der Waals surface area contributed by atoms with E-state index in [1.54, 1.807) is 31.4 Å². The van der Waals surface area contributed by atoms with Crippen LogP contribution in [0.25, 0.3) is 0 Å². The van der Waals surface area contributed by atoms with Crippen molar-refractivity contribution in [2.75, 3.05) is 20.3 Å². The number of hydrogen-bond acceptors (Lipinski definition) is 3. The van der Waals surface area contributed by atoms with E-state index in [1.165, 1.54) is 18.2 Å². The second-order valence-corrected chi connectivity index (χ2v) is 4.45. The Morgan fingerprint density at radius 3 is 2.67 bits per heavy atom. The molecule has 0 heterocycles. The van der Waals surface area contributed by atoms with Crippen molar-refractivity contribution >= 4 is 0 Å². The third-order valence-electron chi connectivity index (χ3n) is 2.88. The molecule has 0 unspecified atom stereocenters.